The molecule has 5 nitrogen and oxygen atoms in total. The van der Waals surface area contributed by atoms with Gasteiger partial charge in [0.15, 0.2) is 0 Å². The molecule has 0 aliphatic carbocycles. The number of nitrogen functional groups attached to an aromatic ring is 1. The summed E-state index contributed by atoms with van der Waals surface area (Å²) < 4.78 is 18.0. The predicted octanol–water partition coefficient (Wildman–Crippen LogP) is 2.69. The molecular weight excluding hydrogens is 270 g/mol. The summed E-state index contributed by atoms with van der Waals surface area (Å²) in [5, 5.41) is -0.0224. The minimum absolute atomic E-state index is 0.0834. The molecule has 2 N–H and O–H groups in total. The number of hydrogen-bond acceptors (Lipinski definition) is 5. The normalized spacial score (nSPS) is 10.3. The van der Waals surface area contributed by atoms with Crippen LogP contribution in [0, 0.1) is 5.82 Å². The van der Waals surface area contributed by atoms with E-state index in [0.29, 0.717) is 0 Å². The Morgan fingerprint density at radius 1 is 1.18 bits per heavy atom. The Labute approximate surface area is 105 Å². The third kappa shape index (κ3) is 2.92. The van der Waals surface area contributed by atoms with E-state index in [1.807, 2.05) is 0 Å². The lowest BCUT2D eigenvalue weighted by molar-refractivity contribution is 0.439. The highest BCUT2D eigenvalue weighted by Gasteiger charge is 2.08. The van der Waals surface area contributed by atoms with Gasteiger partial charge in [-0.3, -0.25) is 0 Å². The molecule has 0 atom stereocenters. The van der Waals surface area contributed by atoms with E-state index in [9.17, 15) is 4.39 Å². The van der Waals surface area contributed by atoms with Crippen LogP contribution in [0.25, 0.3) is 0 Å². The Hall–Kier alpha value is -1.66. The topological polar surface area (TPSA) is 73.9 Å². The summed E-state index contributed by atoms with van der Waals surface area (Å²) in [6, 6.07) is 3.51. The minimum atomic E-state index is -0.476. The smallest absolute Gasteiger partial charge is 0.328 e. The van der Waals surface area contributed by atoms with Gasteiger partial charge in [-0.2, -0.15) is 15.0 Å². The number of nitrogens with zero attached hydrogens (tertiary/aromatic N) is 3. The van der Waals surface area contributed by atoms with Gasteiger partial charge in [-0.05, 0) is 29.8 Å². The molecule has 0 spiro atoms. The monoisotopic (exact) mass is 274 g/mol. The molecule has 0 unspecified atom stereocenters. The van der Waals surface area contributed by atoms with Crippen LogP contribution in [0.15, 0.2) is 18.2 Å². The highest BCUT2D eigenvalue weighted by Crippen LogP contribution is 2.28. The van der Waals surface area contributed by atoms with Crippen molar-refractivity contribution in [2.75, 3.05) is 5.73 Å². The van der Waals surface area contributed by atoms with Crippen LogP contribution in [0.1, 0.15) is 0 Å². The largest absolute Gasteiger partial charge is 0.423 e. The highest BCUT2D eigenvalue weighted by atomic mass is 35.5. The predicted molar refractivity (Wildman–Crippen MR) is 60.7 cm³/mol. The molecule has 0 aliphatic rings. The molecule has 8 heteroatoms. The first-order valence-corrected chi connectivity index (χ1v) is 5.10. The van der Waals surface area contributed by atoms with Gasteiger partial charge in [0.2, 0.25) is 11.2 Å². The summed E-state index contributed by atoms with van der Waals surface area (Å²) in [6.45, 7) is 0. The number of anilines is 1. The Morgan fingerprint density at radius 3 is 2.59 bits per heavy atom. The summed E-state index contributed by atoms with van der Waals surface area (Å²) in [4.78, 5) is 10.9. The molecule has 0 bridgehead atoms. The van der Waals surface area contributed by atoms with E-state index in [2.05, 4.69) is 15.0 Å². The average molecular weight is 275 g/mol. The van der Waals surface area contributed by atoms with E-state index in [1.54, 1.807) is 0 Å². The summed E-state index contributed by atoms with van der Waals surface area (Å²) in [6.07, 6.45) is 0. The minimum Gasteiger partial charge on any atom is -0.423 e. The van der Waals surface area contributed by atoms with E-state index >= 15 is 0 Å². The summed E-state index contributed by atoms with van der Waals surface area (Å²) in [7, 11) is 0. The van der Waals surface area contributed by atoms with Gasteiger partial charge in [-0.25, -0.2) is 4.39 Å². The zero-order valence-corrected chi connectivity index (χ0v) is 9.71. The Bertz CT molecular complexity index is 546. The van der Waals surface area contributed by atoms with Crippen molar-refractivity contribution in [1.82, 2.24) is 15.0 Å². The lowest BCUT2D eigenvalue weighted by atomic mass is 10.3. The highest BCUT2D eigenvalue weighted by molar-refractivity contribution is 6.32. The third-order valence-corrected chi connectivity index (χ3v) is 2.16. The van der Waals surface area contributed by atoms with Gasteiger partial charge in [-0.1, -0.05) is 11.6 Å². The SMILES string of the molecule is Nc1nc(Cl)nc(Oc2ccc(F)cc2Cl)n1. The van der Waals surface area contributed by atoms with Crippen molar-refractivity contribution in [2.45, 2.75) is 0 Å². The fourth-order valence-electron chi connectivity index (χ4n) is 1.05. The van der Waals surface area contributed by atoms with Crippen LogP contribution in [0.4, 0.5) is 10.3 Å². The zero-order chi connectivity index (χ0) is 12.4. The van der Waals surface area contributed by atoms with Gasteiger partial charge in [0.1, 0.15) is 11.6 Å². The molecule has 0 saturated heterocycles. The second kappa shape index (κ2) is 4.68. The van der Waals surface area contributed by atoms with E-state index < -0.39 is 5.82 Å². The van der Waals surface area contributed by atoms with Crippen molar-refractivity contribution in [3.8, 4) is 11.8 Å². The fraction of sp³-hybridized carbons (Fsp3) is 0. The maximum atomic E-state index is 12.8. The molecule has 17 heavy (non-hydrogen) atoms. The van der Waals surface area contributed by atoms with Crippen LogP contribution in [-0.2, 0) is 0 Å². The van der Waals surface area contributed by atoms with Gasteiger partial charge in [0.25, 0.3) is 0 Å². The van der Waals surface area contributed by atoms with Crippen LogP contribution in [0.3, 0.4) is 0 Å². The summed E-state index contributed by atoms with van der Waals surface area (Å²) in [5.74, 6) is -0.372. The number of aromatic nitrogens is 3. The second-order valence-corrected chi connectivity index (χ2v) is 3.67. The summed E-state index contributed by atoms with van der Waals surface area (Å²) >= 11 is 11.3. The Morgan fingerprint density at radius 2 is 1.94 bits per heavy atom. The van der Waals surface area contributed by atoms with Gasteiger partial charge >= 0.3 is 6.01 Å². The lowest BCUT2D eigenvalue weighted by Gasteiger charge is -2.05. The molecule has 1 aromatic heterocycles. The van der Waals surface area contributed by atoms with Gasteiger partial charge in [-0.15, -0.1) is 0 Å². The molecule has 88 valence electrons. The zero-order valence-electron chi connectivity index (χ0n) is 8.19. The molecule has 0 radical (unpaired) electrons. The van der Waals surface area contributed by atoms with Crippen LogP contribution in [-0.4, -0.2) is 15.0 Å². The average Bonchev–Trinajstić information content (AvgIpc) is 2.21. The molecule has 0 amide bonds. The molecule has 0 aliphatic heterocycles. The molecule has 2 rings (SSSR count). The first-order valence-electron chi connectivity index (χ1n) is 4.34. The number of nitrogens with two attached hydrogens (primary N) is 1. The van der Waals surface area contributed by atoms with E-state index in [0.717, 1.165) is 6.07 Å². The molecule has 0 fully saturated rings. The molecule has 1 aromatic carbocycles. The molecule has 1 heterocycles. The first-order chi connectivity index (χ1) is 8.04. The molecule has 0 saturated carbocycles. The van der Waals surface area contributed by atoms with Crippen LogP contribution >= 0.6 is 23.2 Å². The lowest BCUT2D eigenvalue weighted by Crippen LogP contribution is -2.00. The van der Waals surface area contributed by atoms with Crippen molar-refractivity contribution in [2.24, 2.45) is 0 Å². The van der Waals surface area contributed by atoms with Gasteiger partial charge in [0.05, 0.1) is 5.02 Å². The van der Waals surface area contributed by atoms with Crippen LogP contribution < -0.4 is 10.5 Å². The van der Waals surface area contributed by atoms with Crippen LogP contribution in [0.2, 0.25) is 10.3 Å². The first kappa shape index (κ1) is 11.8. The van der Waals surface area contributed by atoms with Crippen molar-refractivity contribution in [3.05, 3.63) is 34.3 Å². The van der Waals surface area contributed by atoms with Gasteiger partial charge < -0.3 is 10.5 Å². The van der Waals surface area contributed by atoms with Crippen molar-refractivity contribution in [3.63, 3.8) is 0 Å². The van der Waals surface area contributed by atoms with E-state index in [4.69, 9.17) is 33.7 Å². The summed E-state index contributed by atoms with van der Waals surface area (Å²) in [5.41, 5.74) is 5.36. The third-order valence-electron chi connectivity index (χ3n) is 1.70. The Balaban J connectivity index is 2.31. The number of ether oxygens (including phenoxy) is 1. The maximum Gasteiger partial charge on any atom is 0.328 e. The van der Waals surface area contributed by atoms with Crippen molar-refractivity contribution in [1.29, 1.82) is 0 Å². The number of halogens is 3. The standard InChI is InChI=1S/C9H5Cl2FN4O/c10-5-3-4(12)1-2-6(5)17-9-15-7(11)14-8(13)16-9/h1-3H,(H2,13,14,15,16). The van der Waals surface area contributed by atoms with Crippen molar-refractivity contribution < 1.29 is 9.13 Å². The van der Waals surface area contributed by atoms with Gasteiger partial charge in [0, 0.05) is 0 Å². The molecular formula is C9H5Cl2FN4O. The number of rotatable bonds is 2. The number of benzene rings is 1. The quantitative estimate of drug-likeness (QED) is 0.912. The van der Waals surface area contributed by atoms with Crippen molar-refractivity contribution >= 4 is 29.2 Å². The molecule has 2 aromatic rings. The number of hydrogen-bond donors (Lipinski definition) is 1. The van der Waals surface area contributed by atoms with Crippen LogP contribution in [0.5, 0.6) is 11.8 Å². The fourth-order valence-corrected chi connectivity index (χ4v) is 1.41. The van der Waals surface area contributed by atoms with E-state index in [1.165, 1.54) is 12.1 Å². The maximum absolute atomic E-state index is 12.8. The van der Waals surface area contributed by atoms with E-state index in [-0.39, 0.29) is 28.0 Å². The second-order valence-electron chi connectivity index (χ2n) is 2.92. The Kier molecular flexibility index (Phi) is 3.26.